The zero-order chi connectivity index (χ0) is 15.6. The second kappa shape index (κ2) is 6.08. The van der Waals surface area contributed by atoms with Gasteiger partial charge in [0.05, 0.1) is 5.60 Å². The van der Waals surface area contributed by atoms with E-state index in [1.54, 1.807) is 18.7 Å². The summed E-state index contributed by atoms with van der Waals surface area (Å²) in [5.74, 6) is -1.35. The summed E-state index contributed by atoms with van der Waals surface area (Å²) in [5, 5.41) is 20.2. The van der Waals surface area contributed by atoms with E-state index in [4.69, 9.17) is 5.11 Å². The molecule has 2 heterocycles. The van der Waals surface area contributed by atoms with Gasteiger partial charge in [-0.05, 0) is 13.8 Å². The largest absolute Gasteiger partial charge is 0.476 e. The number of amides is 1. The van der Waals surface area contributed by atoms with Gasteiger partial charge in [0.2, 0.25) is 0 Å². The van der Waals surface area contributed by atoms with E-state index in [0.717, 1.165) is 11.3 Å². The van der Waals surface area contributed by atoms with Gasteiger partial charge in [-0.25, -0.2) is 9.78 Å². The highest BCUT2D eigenvalue weighted by atomic mass is 32.1. The van der Waals surface area contributed by atoms with Crippen LogP contribution in [0.25, 0.3) is 0 Å². The normalized spacial score (nSPS) is 17.0. The van der Waals surface area contributed by atoms with Gasteiger partial charge in [-0.2, -0.15) is 0 Å². The highest BCUT2D eigenvalue weighted by molar-refractivity contribution is 7.11. The van der Waals surface area contributed by atoms with E-state index in [1.807, 2.05) is 0 Å². The molecular formula is C13H19N3O4S. The van der Waals surface area contributed by atoms with E-state index in [2.05, 4.69) is 9.88 Å². The minimum absolute atomic E-state index is 0.0935. The molecule has 8 heteroatoms. The molecule has 0 unspecified atom stereocenters. The predicted octanol–water partition coefficient (Wildman–Crippen LogP) is 0.370. The molecule has 7 nitrogen and oxygen atoms in total. The van der Waals surface area contributed by atoms with Crippen LogP contribution in [-0.4, -0.2) is 75.2 Å². The number of carboxylic acids is 1. The van der Waals surface area contributed by atoms with Crippen molar-refractivity contribution in [3.8, 4) is 0 Å². The number of hydrogen-bond acceptors (Lipinski definition) is 6. The Bertz CT molecular complexity index is 530. The molecule has 1 aromatic heterocycles. The predicted molar refractivity (Wildman–Crippen MR) is 77.7 cm³/mol. The van der Waals surface area contributed by atoms with Gasteiger partial charge in [0, 0.05) is 38.1 Å². The Morgan fingerprint density at radius 1 is 1.33 bits per heavy atom. The fourth-order valence-corrected chi connectivity index (χ4v) is 3.02. The number of carbonyl (C=O) groups is 2. The van der Waals surface area contributed by atoms with Gasteiger partial charge >= 0.3 is 5.97 Å². The lowest BCUT2D eigenvalue weighted by atomic mass is 10.1. The van der Waals surface area contributed by atoms with E-state index < -0.39 is 11.6 Å². The quantitative estimate of drug-likeness (QED) is 0.834. The first kappa shape index (κ1) is 15.9. The van der Waals surface area contributed by atoms with Crippen LogP contribution in [0.2, 0.25) is 0 Å². The van der Waals surface area contributed by atoms with E-state index >= 15 is 0 Å². The average Bonchev–Trinajstić information content (AvgIpc) is 2.86. The van der Waals surface area contributed by atoms with Crippen molar-refractivity contribution in [1.82, 2.24) is 14.8 Å². The number of piperazine rings is 1. The summed E-state index contributed by atoms with van der Waals surface area (Å²) in [6.07, 6.45) is 0. The lowest BCUT2D eigenvalue weighted by Crippen LogP contribution is -2.52. The molecule has 2 rings (SSSR count). The Morgan fingerprint density at radius 2 is 1.95 bits per heavy atom. The lowest BCUT2D eigenvalue weighted by molar-refractivity contribution is 0.0178. The van der Waals surface area contributed by atoms with Crippen molar-refractivity contribution in [1.29, 1.82) is 0 Å². The van der Waals surface area contributed by atoms with Gasteiger partial charge in [-0.15, -0.1) is 11.3 Å². The van der Waals surface area contributed by atoms with E-state index in [1.165, 1.54) is 5.38 Å². The van der Waals surface area contributed by atoms with Crippen LogP contribution in [0.5, 0.6) is 0 Å². The number of β-amino-alcohol motifs (C(OH)–C–C–N with tert-alkyl or cyclic N) is 1. The SMILES string of the molecule is CC(C)(O)CN1CCN(C(=O)c2nc(C(=O)O)cs2)CC1. The molecule has 1 amide bonds. The van der Waals surface area contributed by atoms with Crippen LogP contribution >= 0.6 is 11.3 Å². The third kappa shape index (κ3) is 4.23. The summed E-state index contributed by atoms with van der Waals surface area (Å²) in [4.78, 5) is 30.6. The van der Waals surface area contributed by atoms with E-state index in [-0.39, 0.29) is 16.6 Å². The molecule has 0 bridgehead atoms. The Balaban J connectivity index is 1.92. The van der Waals surface area contributed by atoms with Crippen molar-refractivity contribution in [2.24, 2.45) is 0 Å². The van der Waals surface area contributed by atoms with Crippen molar-refractivity contribution in [3.05, 3.63) is 16.1 Å². The third-order valence-electron chi connectivity index (χ3n) is 3.18. The number of hydrogen-bond donors (Lipinski definition) is 2. The molecular weight excluding hydrogens is 294 g/mol. The fourth-order valence-electron chi connectivity index (χ4n) is 2.26. The summed E-state index contributed by atoms with van der Waals surface area (Å²) < 4.78 is 0. The van der Waals surface area contributed by atoms with Crippen LogP contribution < -0.4 is 0 Å². The van der Waals surface area contributed by atoms with E-state index in [9.17, 15) is 14.7 Å². The first-order chi connectivity index (χ1) is 9.76. The van der Waals surface area contributed by atoms with Crippen LogP contribution in [0.3, 0.4) is 0 Å². The van der Waals surface area contributed by atoms with Crippen molar-refractivity contribution >= 4 is 23.2 Å². The van der Waals surface area contributed by atoms with E-state index in [0.29, 0.717) is 32.7 Å². The number of carboxylic acid groups (broad SMARTS) is 1. The van der Waals surface area contributed by atoms with Crippen LogP contribution in [0.1, 0.15) is 34.1 Å². The number of carbonyl (C=O) groups excluding carboxylic acids is 1. The summed E-state index contributed by atoms with van der Waals surface area (Å²) in [6.45, 7) is 6.56. The summed E-state index contributed by atoms with van der Waals surface area (Å²) in [7, 11) is 0. The highest BCUT2D eigenvalue weighted by Gasteiger charge is 2.27. The fraction of sp³-hybridized carbons (Fsp3) is 0.615. The minimum atomic E-state index is -1.12. The van der Waals surface area contributed by atoms with Gasteiger partial charge in [-0.1, -0.05) is 0 Å². The zero-order valence-electron chi connectivity index (χ0n) is 12.1. The molecule has 1 aliphatic heterocycles. The zero-order valence-corrected chi connectivity index (χ0v) is 12.9. The van der Waals surface area contributed by atoms with Crippen molar-refractivity contribution in [2.45, 2.75) is 19.4 Å². The standard InChI is InChI=1S/C13H19N3O4S/c1-13(2,20)8-15-3-5-16(6-4-15)11(17)10-14-9(7-21-10)12(18)19/h7,20H,3-6,8H2,1-2H3,(H,18,19). The lowest BCUT2D eigenvalue weighted by Gasteiger charge is -2.36. The molecule has 1 aromatic rings. The first-order valence-electron chi connectivity index (χ1n) is 6.69. The van der Waals surface area contributed by atoms with Crippen LogP contribution in [0.15, 0.2) is 5.38 Å². The minimum Gasteiger partial charge on any atom is -0.476 e. The van der Waals surface area contributed by atoms with Crippen LogP contribution in [0, 0.1) is 0 Å². The molecule has 1 saturated heterocycles. The van der Waals surface area contributed by atoms with Crippen molar-refractivity contribution < 1.29 is 19.8 Å². The van der Waals surface area contributed by atoms with Crippen LogP contribution in [-0.2, 0) is 0 Å². The Morgan fingerprint density at radius 3 is 2.43 bits per heavy atom. The maximum absolute atomic E-state index is 12.2. The highest BCUT2D eigenvalue weighted by Crippen LogP contribution is 2.15. The smallest absolute Gasteiger partial charge is 0.355 e. The second-order valence-corrected chi connectivity index (χ2v) is 6.58. The molecule has 0 atom stereocenters. The van der Waals surface area contributed by atoms with Crippen molar-refractivity contribution in [3.63, 3.8) is 0 Å². The molecule has 1 fully saturated rings. The molecule has 1 aliphatic rings. The topological polar surface area (TPSA) is 94.0 Å². The molecule has 116 valence electrons. The average molecular weight is 313 g/mol. The molecule has 0 saturated carbocycles. The van der Waals surface area contributed by atoms with Gasteiger partial charge in [0.25, 0.3) is 5.91 Å². The van der Waals surface area contributed by atoms with Gasteiger partial charge < -0.3 is 15.1 Å². The van der Waals surface area contributed by atoms with Crippen molar-refractivity contribution in [2.75, 3.05) is 32.7 Å². The molecule has 0 aliphatic carbocycles. The summed E-state index contributed by atoms with van der Waals surface area (Å²) in [6, 6.07) is 0. The van der Waals surface area contributed by atoms with Gasteiger partial charge in [0.1, 0.15) is 0 Å². The molecule has 21 heavy (non-hydrogen) atoms. The second-order valence-electron chi connectivity index (χ2n) is 5.72. The maximum Gasteiger partial charge on any atom is 0.355 e. The molecule has 0 spiro atoms. The number of aromatic nitrogens is 1. The van der Waals surface area contributed by atoms with Gasteiger partial charge in [-0.3, -0.25) is 9.69 Å². The number of rotatable bonds is 4. The maximum atomic E-state index is 12.2. The monoisotopic (exact) mass is 313 g/mol. The third-order valence-corrected chi connectivity index (χ3v) is 4.01. The number of aliphatic hydroxyl groups is 1. The first-order valence-corrected chi connectivity index (χ1v) is 7.57. The number of nitrogens with zero attached hydrogens (tertiary/aromatic N) is 3. The Hall–Kier alpha value is -1.51. The number of thiazole rings is 1. The molecule has 0 aromatic carbocycles. The number of aromatic carboxylic acids is 1. The Kier molecular flexibility index (Phi) is 4.60. The molecule has 0 radical (unpaired) electrons. The Labute approximate surface area is 126 Å². The summed E-state index contributed by atoms with van der Waals surface area (Å²) >= 11 is 1.05. The summed E-state index contributed by atoms with van der Waals surface area (Å²) in [5.41, 5.74) is -0.846. The molecule has 2 N–H and O–H groups in total. The van der Waals surface area contributed by atoms with Crippen LogP contribution in [0.4, 0.5) is 0 Å². The van der Waals surface area contributed by atoms with Gasteiger partial charge in [0.15, 0.2) is 10.7 Å².